The zero-order valence-corrected chi connectivity index (χ0v) is 11.8. The Bertz CT molecular complexity index is 445. The first-order valence-corrected chi connectivity index (χ1v) is 6.87. The van der Waals surface area contributed by atoms with Crippen LogP contribution in [0.4, 0.5) is 0 Å². The fourth-order valence-electron chi connectivity index (χ4n) is 2.36. The highest BCUT2D eigenvalue weighted by Crippen LogP contribution is 2.14. The van der Waals surface area contributed by atoms with Gasteiger partial charge in [0.2, 0.25) is 0 Å². The fraction of sp³-hybridized carbons (Fsp3) is 0.500. The second kappa shape index (κ2) is 6.37. The van der Waals surface area contributed by atoms with Crippen LogP contribution in [0, 0.1) is 0 Å². The number of rotatable bonds is 4. The van der Waals surface area contributed by atoms with E-state index in [4.69, 9.17) is 16.7 Å². The van der Waals surface area contributed by atoms with Crippen LogP contribution < -0.4 is 0 Å². The van der Waals surface area contributed by atoms with Crippen LogP contribution in [-0.4, -0.2) is 53.1 Å². The molecule has 0 bridgehead atoms. The maximum absolute atomic E-state index is 10.9. The number of halogens is 1. The molecule has 0 unspecified atom stereocenters. The number of carboxylic acid groups (broad SMARTS) is 1. The van der Waals surface area contributed by atoms with Crippen LogP contribution in [0.5, 0.6) is 0 Å². The predicted molar refractivity (Wildman–Crippen MR) is 75.4 cm³/mol. The van der Waals surface area contributed by atoms with Gasteiger partial charge in [0.25, 0.3) is 0 Å². The molecule has 0 radical (unpaired) electrons. The Labute approximate surface area is 118 Å². The van der Waals surface area contributed by atoms with E-state index in [1.165, 1.54) is 5.56 Å². The van der Waals surface area contributed by atoms with Gasteiger partial charge in [-0.3, -0.25) is 14.6 Å². The lowest BCUT2D eigenvalue weighted by atomic mass is 10.2. The molecule has 2 rings (SSSR count). The minimum atomic E-state index is -0.747. The summed E-state index contributed by atoms with van der Waals surface area (Å²) in [6.45, 7) is 6.00. The molecule has 1 saturated heterocycles. The lowest BCUT2D eigenvalue weighted by Gasteiger charge is -2.36. The molecule has 1 aromatic carbocycles. The molecule has 1 heterocycles. The lowest BCUT2D eigenvalue weighted by molar-refractivity contribution is -0.143. The number of nitrogens with zero attached hydrogens (tertiary/aromatic N) is 2. The molecule has 0 aromatic heterocycles. The van der Waals surface area contributed by atoms with Gasteiger partial charge in [-0.2, -0.15) is 0 Å². The average molecular weight is 283 g/mol. The number of hydrogen-bond donors (Lipinski definition) is 1. The number of hydrogen-bond acceptors (Lipinski definition) is 3. The Kier molecular flexibility index (Phi) is 4.80. The molecule has 5 heteroatoms. The van der Waals surface area contributed by atoms with E-state index in [1.807, 2.05) is 23.1 Å². The Balaban J connectivity index is 1.85. The summed E-state index contributed by atoms with van der Waals surface area (Å²) in [5.41, 5.74) is 1.20. The Morgan fingerprint density at radius 2 is 2.05 bits per heavy atom. The first-order chi connectivity index (χ1) is 9.06. The molecule has 1 atom stereocenters. The lowest BCUT2D eigenvalue weighted by Crippen LogP contribution is -2.51. The van der Waals surface area contributed by atoms with Crippen molar-refractivity contribution < 1.29 is 9.90 Å². The van der Waals surface area contributed by atoms with Gasteiger partial charge in [-0.1, -0.05) is 23.7 Å². The minimum Gasteiger partial charge on any atom is -0.480 e. The topological polar surface area (TPSA) is 43.8 Å². The van der Waals surface area contributed by atoms with Crippen molar-refractivity contribution in [2.24, 2.45) is 0 Å². The quantitative estimate of drug-likeness (QED) is 0.916. The molecule has 1 aliphatic heterocycles. The smallest absolute Gasteiger partial charge is 0.320 e. The molecule has 19 heavy (non-hydrogen) atoms. The molecule has 0 spiro atoms. The zero-order chi connectivity index (χ0) is 13.8. The van der Waals surface area contributed by atoms with Crippen LogP contribution in [0.1, 0.15) is 12.5 Å². The Morgan fingerprint density at radius 1 is 1.37 bits per heavy atom. The fourth-order valence-corrected chi connectivity index (χ4v) is 2.57. The molecule has 1 aliphatic rings. The summed E-state index contributed by atoms with van der Waals surface area (Å²) in [7, 11) is 0. The van der Waals surface area contributed by atoms with Gasteiger partial charge in [0, 0.05) is 37.7 Å². The summed E-state index contributed by atoms with van der Waals surface area (Å²) in [5, 5.41) is 9.76. The van der Waals surface area contributed by atoms with Gasteiger partial charge in [-0.05, 0) is 24.6 Å². The zero-order valence-electron chi connectivity index (χ0n) is 11.1. The third kappa shape index (κ3) is 3.93. The van der Waals surface area contributed by atoms with Crippen molar-refractivity contribution in [3.8, 4) is 0 Å². The van der Waals surface area contributed by atoms with Crippen molar-refractivity contribution >= 4 is 17.6 Å². The van der Waals surface area contributed by atoms with Crippen LogP contribution in [0.2, 0.25) is 5.02 Å². The minimum absolute atomic E-state index is 0.395. The number of aliphatic carboxylic acids is 1. The van der Waals surface area contributed by atoms with Crippen LogP contribution in [-0.2, 0) is 11.3 Å². The van der Waals surface area contributed by atoms with E-state index in [9.17, 15) is 4.79 Å². The van der Waals surface area contributed by atoms with Crippen LogP contribution in [0.15, 0.2) is 24.3 Å². The molecular formula is C14H19ClN2O2. The number of benzene rings is 1. The standard InChI is InChI=1S/C14H19ClN2O2/c1-11(14(18)19)17-7-5-16(6-8-17)10-12-3-2-4-13(15)9-12/h2-4,9,11H,5-8,10H2,1H3,(H,18,19)/t11-/m1/s1. The van der Waals surface area contributed by atoms with Gasteiger partial charge in [0.05, 0.1) is 0 Å². The summed E-state index contributed by atoms with van der Waals surface area (Å²) in [5.74, 6) is -0.747. The van der Waals surface area contributed by atoms with Crippen molar-refractivity contribution in [1.29, 1.82) is 0 Å². The van der Waals surface area contributed by atoms with Gasteiger partial charge >= 0.3 is 5.97 Å². The second-order valence-corrected chi connectivity index (χ2v) is 5.39. The highest BCUT2D eigenvalue weighted by atomic mass is 35.5. The van der Waals surface area contributed by atoms with Crippen LogP contribution >= 0.6 is 11.6 Å². The monoisotopic (exact) mass is 282 g/mol. The van der Waals surface area contributed by atoms with Gasteiger partial charge in [0.1, 0.15) is 6.04 Å². The van der Waals surface area contributed by atoms with E-state index in [2.05, 4.69) is 11.0 Å². The number of carboxylic acids is 1. The molecule has 1 aromatic rings. The van der Waals surface area contributed by atoms with E-state index in [1.54, 1.807) is 6.92 Å². The average Bonchev–Trinajstić information content (AvgIpc) is 2.39. The maximum Gasteiger partial charge on any atom is 0.320 e. The van der Waals surface area contributed by atoms with Gasteiger partial charge in [-0.15, -0.1) is 0 Å². The number of piperazine rings is 1. The summed E-state index contributed by atoms with van der Waals surface area (Å²) < 4.78 is 0. The van der Waals surface area contributed by atoms with E-state index in [0.717, 1.165) is 37.7 Å². The Hall–Kier alpha value is -1.10. The van der Waals surface area contributed by atoms with Gasteiger partial charge in [-0.25, -0.2) is 0 Å². The third-order valence-electron chi connectivity index (χ3n) is 3.61. The number of carbonyl (C=O) groups is 1. The molecule has 4 nitrogen and oxygen atoms in total. The van der Waals surface area contributed by atoms with Crippen LogP contribution in [0.25, 0.3) is 0 Å². The highest BCUT2D eigenvalue weighted by Gasteiger charge is 2.24. The van der Waals surface area contributed by atoms with E-state index < -0.39 is 12.0 Å². The second-order valence-electron chi connectivity index (χ2n) is 4.96. The van der Waals surface area contributed by atoms with Crippen molar-refractivity contribution in [2.45, 2.75) is 19.5 Å². The SMILES string of the molecule is C[C@H](C(=O)O)N1CCN(Cc2cccc(Cl)c2)CC1. The summed E-state index contributed by atoms with van der Waals surface area (Å²) in [6, 6.07) is 7.48. The maximum atomic E-state index is 10.9. The third-order valence-corrected chi connectivity index (χ3v) is 3.84. The van der Waals surface area contributed by atoms with E-state index in [0.29, 0.717) is 0 Å². The summed E-state index contributed by atoms with van der Waals surface area (Å²) >= 11 is 5.97. The first-order valence-electron chi connectivity index (χ1n) is 6.50. The molecule has 0 aliphatic carbocycles. The molecule has 104 valence electrons. The Morgan fingerprint density at radius 3 is 2.63 bits per heavy atom. The van der Waals surface area contributed by atoms with E-state index >= 15 is 0 Å². The largest absolute Gasteiger partial charge is 0.480 e. The predicted octanol–water partition coefficient (Wildman–Crippen LogP) is 1.93. The summed E-state index contributed by atoms with van der Waals surface area (Å²) in [6.07, 6.45) is 0. The molecule has 1 N–H and O–H groups in total. The molecule has 1 fully saturated rings. The van der Waals surface area contributed by atoms with Gasteiger partial charge in [0.15, 0.2) is 0 Å². The first kappa shape index (κ1) is 14.3. The molecule has 0 saturated carbocycles. The summed E-state index contributed by atoms with van der Waals surface area (Å²) in [4.78, 5) is 15.3. The highest BCUT2D eigenvalue weighted by molar-refractivity contribution is 6.30. The van der Waals surface area contributed by atoms with Crippen molar-refractivity contribution in [2.75, 3.05) is 26.2 Å². The van der Waals surface area contributed by atoms with Crippen LogP contribution in [0.3, 0.4) is 0 Å². The normalized spacial score (nSPS) is 19.3. The van der Waals surface area contributed by atoms with Crippen molar-refractivity contribution in [1.82, 2.24) is 9.80 Å². The van der Waals surface area contributed by atoms with Crippen molar-refractivity contribution in [3.05, 3.63) is 34.9 Å². The van der Waals surface area contributed by atoms with Crippen molar-refractivity contribution in [3.63, 3.8) is 0 Å². The van der Waals surface area contributed by atoms with Gasteiger partial charge < -0.3 is 5.11 Å². The molecular weight excluding hydrogens is 264 g/mol. The van der Waals surface area contributed by atoms with E-state index in [-0.39, 0.29) is 0 Å². The molecule has 0 amide bonds.